The van der Waals surface area contributed by atoms with Gasteiger partial charge in [-0.1, -0.05) is 0 Å². The van der Waals surface area contributed by atoms with E-state index in [1.54, 1.807) is 13.8 Å². The van der Waals surface area contributed by atoms with Gasteiger partial charge in [0.2, 0.25) is 0 Å². The standard InChI is InChI=1S/C8H17NO2/c1-8(2,11)6-5-9-4-3-7(6)10/h6-7,9-11H,3-5H2,1-2H3. The van der Waals surface area contributed by atoms with Gasteiger partial charge in [-0.05, 0) is 26.8 Å². The van der Waals surface area contributed by atoms with Crippen LogP contribution in [0, 0.1) is 5.92 Å². The second-order valence-corrected chi connectivity index (χ2v) is 3.82. The number of hydrogen-bond donors (Lipinski definition) is 3. The first-order valence-electron chi connectivity index (χ1n) is 4.13. The van der Waals surface area contributed by atoms with E-state index in [4.69, 9.17) is 0 Å². The first kappa shape index (κ1) is 8.97. The molecule has 66 valence electrons. The van der Waals surface area contributed by atoms with E-state index in [9.17, 15) is 10.2 Å². The van der Waals surface area contributed by atoms with Crippen molar-refractivity contribution in [3.8, 4) is 0 Å². The molecule has 0 aromatic heterocycles. The maximum atomic E-state index is 9.61. The normalized spacial score (nSPS) is 33.8. The number of nitrogens with one attached hydrogen (secondary N) is 1. The summed E-state index contributed by atoms with van der Waals surface area (Å²) in [7, 11) is 0. The molecule has 1 saturated heterocycles. The summed E-state index contributed by atoms with van der Waals surface area (Å²) in [4.78, 5) is 0. The number of aliphatic hydroxyl groups is 2. The lowest BCUT2D eigenvalue weighted by molar-refractivity contribution is -0.0575. The van der Waals surface area contributed by atoms with Gasteiger partial charge in [0.15, 0.2) is 0 Å². The molecule has 2 unspecified atom stereocenters. The highest BCUT2D eigenvalue weighted by Crippen LogP contribution is 2.23. The average Bonchev–Trinajstić information content (AvgIpc) is 1.86. The Morgan fingerprint density at radius 3 is 2.45 bits per heavy atom. The van der Waals surface area contributed by atoms with Crippen molar-refractivity contribution in [2.45, 2.75) is 32.0 Å². The van der Waals surface area contributed by atoms with Crippen molar-refractivity contribution in [1.82, 2.24) is 5.32 Å². The van der Waals surface area contributed by atoms with Gasteiger partial charge in [0.25, 0.3) is 0 Å². The number of hydrogen-bond acceptors (Lipinski definition) is 3. The number of aliphatic hydroxyl groups excluding tert-OH is 1. The van der Waals surface area contributed by atoms with Gasteiger partial charge < -0.3 is 15.5 Å². The van der Waals surface area contributed by atoms with Gasteiger partial charge in [0.05, 0.1) is 11.7 Å². The highest BCUT2D eigenvalue weighted by Gasteiger charge is 2.34. The summed E-state index contributed by atoms with van der Waals surface area (Å²) in [6, 6.07) is 0. The van der Waals surface area contributed by atoms with Crippen LogP contribution in [0.1, 0.15) is 20.3 Å². The fourth-order valence-corrected chi connectivity index (χ4v) is 1.57. The van der Waals surface area contributed by atoms with Crippen molar-refractivity contribution in [1.29, 1.82) is 0 Å². The lowest BCUT2D eigenvalue weighted by Crippen LogP contribution is -2.50. The largest absolute Gasteiger partial charge is 0.393 e. The van der Waals surface area contributed by atoms with Gasteiger partial charge in [0.1, 0.15) is 0 Å². The van der Waals surface area contributed by atoms with Gasteiger partial charge in [-0.15, -0.1) is 0 Å². The Morgan fingerprint density at radius 2 is 2.09 bits per heavy atom. The molecule has 1 heterocycles. The molecule has 3 heteroatoms. The van der Waals surface area contributed by atoms with Crippen molar-refractivity contribution >= 4 is 0 Å². The minimum atomic E-state index is -0.771. The summed E-state index contributed by atoms with van der Waals surface area (Å²) in [5.41, 5.74) is -0.771. The molecule has 2 atom stereocenters. The van der Waals surface area contributed by atoms with Crippen LogP contribution in [0.2, 0.25) is 0 Å². The molecule has 0 aromatic carbocycles. The first-order valence-corrected chi connectivity index (χ1v) is 4.13. The summed E-state index contributed by atoms with van der Waals surface area (Å²) in [6.45, 7) is 5.06. The predicted octanol–water partition coefficient (Wildman–Crippen LogP) is -0.272. The molecule has 3 N–H and O–H groups in total. The van der Waals surface area contributed by atoms with Crippen LogP contribution in [0.15, 0.2) is 0 Å². The maximum Gasteiger partial charge on any atom is 0.0656 e. The highest BCUT2D eigenvalue weighted by molar-refractivity contribution is 4.87. The monoisotopic (exact) mass is 159 g/mol. The lowest BCUT2D eigenvalue weighted by Gasteiger charge is -2.36. The third-order valence-corrected chi connectivity index (χ3v) is 2.35. The maximum absolute atomic E-state index is 9.61. The first-order chi connectivity index (χ1) is 5.02. The van der Waals surface area contributed by atoms with Crippen LogP contribution >= 0.6 is 0 Å². The zero-order valence-corrected chi connectivity index (χ0v) is 7.17. The summed E-state index contributed by atoms with van der Waals surface area (Å²) >= 11 is 0. The molecule has 0 radical (unpaired) electrons. The quantitative estimate of drug-likeness (QED) is 0.493. The van der Waals surface area contributed by atoms with E-state index in [-0.39, 0.29) is 12.0 Å². The summed E-state index contributed by atoms with van der Waals surface area (Å²) in [5, 5.41) is 22.3. The van der Waals surface area contributed by atoms with Crippen molar-refractivity contribution in [3.63, 3.8) is 0 Å². The Balaban J connectivity index is 2.55. The Kier molecular flexibility index (Phi) is 2.52. The summed E-state index contributed by atoms with van der Waals surface area (Å²) in [5.74, 6) is -0.0313. The average molecular weight is 159 g/mol. The van der Waals surface area contributed by atoms with Crippen LogP contribution in [0.3, 0.4) is 0 Å². The molecule has 0 aliphatic carbocycles. The Labute approximate surface area is 67.4 Å². The van der Waals surface area contributed by atoms with E-state index < -0.39 is 5.60 Å². The fourth-order valence-electron chi connectivity index (χ4n) is 1.57. The topological polar surface area (TPSA) is 52.5 Å². The van der Waals surface area contributed by atoms with Crippen molar-refractivity contribution < 1.29 is 10.2 Å². The fraction of sp³-hybridized carbons (Fsp3) is 1.00. The van der Waals surface area contributed by atoms with Crippen molar-refractivity contribution in [3.05, 3.63) is 0 Å². The zero-order valence-electron chi connectivity index (χ0n) is 7.17. The minimum Gasteiger partial charge on any atom is -0.393 e. The second-order valence-electron chi connectivity index (χ2n) is 3.82. The Hall–Kier alpha value is -0.120. The van der Waals surface area contributed by atoms with Crippen LogP contribution in [0.4, 0.5) is 0 Å². The van der Waals surface area contributed by atoms with Crippen LogP contribution in [-0.4, -0.2) is 35.0 Å². The van der Waals surface area contributed by atoms with Crippen LogP contribution in [0.25, 0.3) is 0 Å². The van der Waals surface area contributed by atoms with Gasteiger partial charge in [0, 0.05) is 12.5 Å². The highest BCUT2D eigenvalue weighted by atomic mass is 16.3. The molecule has 1 fully saturated rings. The molecular weight excluding hydrogens is 142 g/mol. The van der Waals surface area contributed by atoms with Gasteiger partial charge in [-0.25, -0.2) is 0 Å². The van der Waals surface area contributed by atoms with Crippen molar-refractivity contribution in [2.24, 2.45) is 5.92 Å². The molecule has 0 spiro atoms. The molecule has 1 aliphatic rings. The molecule has 0 amide bonds. The van der Waals surface area contributed by atoms with E-state index in [1.165, 1.54) is 0 Å². The van der Waals surface area contributed by atoms with Crippen molar-refractivity contribution in [2.75, 3.05) is 13.1 Å². The number of piperidine rings is 1. The van der Waals surface area contributed by atoms with E-state index in [0.717, 1.165) is 13.0 Å². The molecule has 0 bridgehead atoms. The van der Waals surface area contributed by atoms with Crippen LogP contribution in [0.5, 0.6) is 0 Å². The molecule has 0 saturated carbocycles. The third-order valence-electron chi connectivity index (χ3n) is 2.35. The predicted molar refractivity (Wildman–Crippen MR) is 43.3 cm³/mol. The third kappa shape index (κ3) is 2.15. The molecule has 1 rings (SSSR count). The van der Waals surface area contributed by atoms with E-state index in [2.05, 4.69) is 5.32 Å². The van der Waals surface area contributed by atoms with E-state index >= 15 is 0 Å². The smallest absolute Gasteiger partial charge is 0.0656 e. The molecule has 11 heavy (non-hydrogen) atoms. The number of rotatable bonds is 1. The second kappa shape index (κ2) is 3.09. The SMILES string of the molecule is CC(C)(O)C1CNCCC1O. The lowest BCUT2D eigenvalue weighted by atomic mass is 9.83. The van der Waals surface area contributed by atoms with Crippen LogP contribution < -0.4 is 5.32 Å². The zero-order chi connectivity index (χ0) is 8.48. The minimum absolute atomic E-state index is 0.0313. The summed E-state index contributed by atoms with van der Waals surface area (Å²) in [6.07, 6.45) is 0.394. The van der Waals surface area contributed by atoms with E-state index in [1.807, 2.05) is 0 Å². The molecule has 0 aromatic rings. The molecule has 3 nitrogen and oxygen atoms in total. The molecular formula is C8H17NO2. The van der Waals surface area contributed by atoms with Gasteiger partial charge >= 0.3 is 0 Å². The molecule has 1 aliphatic heterocycles. The summed E-state index contributed by atoms with van der Waals surface area (Å²) < 4.78 is 0. The van der Waals surface area contributed by atoms with Gasteiger partial charge in [-0.3, -0.25) is 0 Å². The van der Waals surface area contributed by atoms with Gasteiger partial charge in [-0.2, -0.15) is 0 Å². The van der Waals surface area contributed by atoms with E-state index in [0.29, 0.717) is 6.54 Å². The Morgan fingerprint density at radius 1 is 1.45 bits per heavy atom. The Bertz CT molecular complexity index is 131. The van der Waals surface area contributed by atoms with Crippen LogP contribution in [-0.2, 0) is 0 Å².